The zero-order chi connectivity index (χ0) is 33.0. The Morgan fingerprint density at radius 3 is 2.32 bits per heavy atom. The molecule has 1 aliphatic heterocycles. The van der Waals surface area contributed by atoms with Crippen LogP contribution < -0.4 is 30.5 Å². The standard InChI is InChI=1S/C15H10ClN7O.2C2HF3O2/c16-9-4-5-12-10(7-9)18-11(15-20-21-22-23(12)15)8-14(24)19-13-3-1-2-6-17-13;2*3-2(4,5)1(6)7/h1-8H,(H2,17,18,19,24);2*(H,6,7)/i8D;;/hD4. The highest BCUT2D eigenvalue weighted by atomic mass is 35.5. The van der Waals surface area contributed by atoms with Gasteiger partial charge in [0.25, 0.3) is 5.82 Å². The number of nitrogens with one attached hydrogen (secondary N) is 4. The second kappa shape index (κ2) is 12.0. The van der Waals surface area contributed by atoms with Gasteiger partial charge in [0.15, 0.2) is 7.10 Å². The van der Waals surface area contributed by atoms with Gasteiger partial charge in [-0.1, -0.05) is 22.3 Å². The molecule has 0 radical (unpaired) electrons. The third-order valence-electron chi connectivity index (χ3n) is 3.63. The highest BCUT2D eigenvalue weighted by Gasteiger charge is 2.31. The number of alkyl halides is 6. The van der Waals surface area contributed by atoms with Gasteiger partial charge in [-0.3, -0.25) is 0 Å². The summed E-state index contributed by atoms with van der Waals surface area (Å²) in [4.78, 5) is 31.2. The van der Waals surface area contributed by atoms with Crippen LogP contribution in [-0.2, 0) is 14.4 Å². The summed E-state index contributed by atoms with van der Waals surface area (Å²) in [6, 6.07) is 8.32. The van der Waals surface area contributed by atoms with Crippen LogP contribution in [-0.4, -0.2) is 45.7 Å². The van der Waals surface area contributed by atoms with Crippen LogP contribution in [0.15, 0.2) is 48.6 Å². The highest BCUT2D eigenvalue weighted by molar-refractivity contribution is 6.31. The maximum Gasteiger partial charge on any atom is 0.430 e. The van der Waals surface area contributed by atoms with E-state index in [9.17, 15) is 31.1 Å². The number of carboxylic acid groups (broad SMARTS) is 2. The van der Waals surface area contributed by atoms with Crippen LogP contribution in [0.5, 0.6) is 0 Å². The van der Waals surface area contributed by atoms with Crippen molar-refractivity contribution in [3.05, 3.63) is 59.5 Å². The average Bonchev–Trinajstić information content (AvgIpc) is 3.28. The molecule has 12 nitrogen and oxygen atoms in total. The van der Waals surface area contributed by atoms with E-state index in [4.69, 9.17) is 38.4 Å². The highest BCUT2D eigenvalue weighted by Crippen LogP contribution is 2.28. The lowest BCUT2D eigenvalue weighted by Gasteiger charge is -2.15. The maximum absolute atomic E-state index is 12.8. The van der Waals surface area contributed by atoms with Crippen LogP contribution in [0.2, 0.25) is 10.7 Å². The van der Waals surface area contributed by atoms with Gasteiger partial charge < -0.3 is 25.1 Å². The third kappa shape index (κ3) is 8.43. The number of carboxylic acids is 2. The number of halogens is 7. The Morgan fingerprint density at radius 2 is 1.76 bits per heavy atom. The first-order valence-corrected chi connectivity index (χ1v) is 9.65. The molecule has 0 fully saturated rings. The number of anilines is 2. The Kier molecular flexibility index (Phi) is 7.09. The second-order valence-corrected chi connectivity index (χ2v) is 6.74. The van der Waals surface area contributed by atoms with Crippen molar-refractivity contribution in [3.63, 3.8) is 0 Å². The Bertz CT molecular complexity index is 1570. The molecule has 4 N–H and O–H groups in total. The maximum atomic E-state index is 12.8. The first-order chi connectivity index (χ1) is 19.7. The van der Waals surface area contributed by atoms with E-state index < -0.39 is 36.3 Å². The van der Waals surface area contributed by atoms with Gasteiger partial charge in [0, 0.05) is 11.1 Å². The van der Waals surface area contributed by atoms with Crippen molar-refractivity contribution in [3.8, 4) is 5.69 Å². The first-order valence-electron chi connectivity index (χ1n) is 11.6. The van der Waals surface area contributed by atoms with E-state index in [-0.39, 0.29) is 23.0 Å². The molecule has 0 unspecified atom stereocenters. The minimum absolute atomic E-state index is 0.0941. The van der Waals surface area contributed by atoms with E-state index in [1.54, 1.807) is 24.3 Å². The summed E-state index contributed by atoms with van der Waals surface area (Å²) in [5.74, 6) is -7.31. The zero-order valence-corrected chi connectivity index (χ0v) is 18.6. The van der Waals surface area contributed by atoms with E-state index in [0.717, 1.165) is 10.3 Å². The molecule has 3 heterocycles. The number of hydrogen-bond acceptors (Lipinski definition) is 8. The molecule has 1 amide bonds. The summed E-state index contributed by atoms with van der Waals surface area (Å²) >= 11 is 6.02. The number of aliphatic carboxylic acids is 2. The third-order valence-corrected chi connectivity index (χ3v) is 3.87. The molecule has 1 aromatic carbocycles. The molecule has 0 aliphatic carbocycles. The molecule has 3 aromatic rings. The fourth-order valence-corrected chi connectivity index (χ4v) is 2.34. The number of benzene rings is 1. The number of tetrazole rings is 1. The number of fused-ring (bicyclic) bond motifs is 3. The second-order valence-electron chi connectivity index (χ2n) is 6.31. The molecule has 0 saturated carbocycles. The Labute approximate surface area is 218 Å². The minimum Gasteiger partial charge on any atom is -0.542 e. The van der Waals surface area contributed by atoms with Crippen molar-refractivity contribution in [1.29, 1.82) is 0 Å². The zero-order valence-electron chi connectivity index (χ0n) is 22.9. The first kappa shape index (κ1) is 22.5. The summed E-state index contributed by atoms with van der Waals surface area (Å²) in [6.07, 6.45) is -9.06. The molecule has 0 atom stereocenters. The number of carbonyl (C=O) groups excluding carboxylic acids is 3. The van der Waals surface area contributed by atoms with Crippen LogP contribution in [0, 0.1) is 0 Å². The molecule has 2 aromatic heterocycles. The lowest BCUT2D eigenvalue weighted by atomic mass is 10.2. The fraction of sp³-hybridized carbons (Fsp3) is 0.105. The van der Waals surface area contributed by atoms with E-state index >= 15 is 0 Å². The van der Waals surface area contributed by atoms with Gasteiger partial charge in [-0.2, -0.15) is 26.3 Å². The fourth-order valence-electron chi connectivity index (χ4n) is 2.17. The number of aromatic amines is 2. The average molecular weight is 573 g/mol. The predicted molar refractivity (Wildman–Crippen MR) is 108 cm³/mol. The Balaban J connectivity index is 0.000000384. The van der Waals surface area contributed by atoms with E-state index in [1.807, 2.05) is 0 Å². The molecular weight excluding hydrogens is 556 g/mol. The normalized spacial score (nSPS) is 15.2. The SMILES string of the molecule is O=C([O-])C(F)(F)F.O=C([O-])C(F)(F)F.[2H]/C(C(=O)N([2H])c1cccc[n+]1[2H])=C1\c2nn([2H])n[n+]2-c2ccc(Cl)cc2N1[2H]. The Morgan fingerprint density at radius 1 is 1.16 bits per heavy atom. The van der Waals surface area contributed by atoms with Gasteiger partial charge in [-0.15, -0.1) is 0 Å². The van der Waals surface area contributed by atoms with Gasteiger partial charge in [0.05, 0.1) is 29.6 Å². The molecule has 202 valence electrons. The van der Waals surface area contributed by atoms with Gasteiger partial charge in [-0.05, 0) is 29.5 Å². The number of amides is 1. The number of rotatable bonds is 2. The van der Waals surface area contributed by atoms with Crippen molar-refractivity contribution in [2.75, 3.05) is 10.6 Å². The lowest BCUT2D eigenvalue weighted by Crippen LogP contribution is -2.41. The molecule has 0 bridgehead atoms. The molecule has 0 spiro atoms. The van der Waals surface area contributed by atoms with Crippen LogP contribution in [0.1, 0.15) is 7.20 Å². The number of carbonyl (C=O) groups is 3. The van der Waals surface area contributed by atoms with Crippen LogP contribution in [0.3, 0.4) is 0 Å². The van der Waals surface area contributed by atoms with E-state index in [2.05, 4.69) is 10.3 Å². The van der Waals surface area contributed by atoms with Gasteiger partial charge in [0.1, 0.15) is 17.6 Å². The van der Waals surface area contributed by atoms with Crippen LogP contribution >= 0.6 is 11.6 Å². The molecule has 1 aliphatic rings. The van der Waals surface area contributed by atoms with Crippen molar-refractivity contribution < 1.29 is 67.6 Å². The number of H-pyrrole nitrogens is 2. The number of aromatic nitrogens is 5. The summed E-state index contributed by atoms with van der Waals surface area (Å²) in [6.45, 7) is 0. The number of nitrogens with zero attached hydrogens (tertiary/aromatic N) is 3. The van der Waals surface area contributed by atoms with Crippen molar-refractivity contribution in [1.82, 2.24) is 15.5 Å². The summed E-state index contributed by atoms with van der Waals surface area (Å²) < 4.78 is 105. The van der Waals surface area contributed by atoms with E-state index in [1.165, 1.54) is 23.0 Å². The molecule has 4 rings (SSSR count). The summed E-state index contributed by atoms with van der Waals surface area (Å²) in [7, 11) is 0. The topological polar surface area (TPSA) is 181 Å². The largest absolute Gasteiger partial charge is 0.542 e. The van der Waals surface area contributed by atoms with Crippen molar-refractivity contribution >= 4 is 46.6 Å². The van der Waals surface area contributed by atoms with Crippen LogP contribution in [0.25, 0.3) is 11.4 Å². The van der Waals surface area contributed by atoms with Crippen LogP contribution in [0.4, 0.5) is 37.8 Å². The minimum atomic E-state index is -5.19. The van der Waals surface area contributed by atoms with Crippen molar-refractivity contribution in [2.45, 2.75) is 12.4 Å². The molecule has 19 heteroatoms. The van der Waals surface area contributed by atoms with E-state index in [0.29, 0.717) is 21.2 Å². The monoisotopic (exact) mass is 572 g/mol. The van der Waals surface area contributed by atoms with Crippen molar-refractivity contribution in [2.24, 2.45) is 0 Å². The smallest absolute Gasteiger partial charge is 0.430 e. The number of pyridine rings is 1. The summed E-state index contributed by atoms with van der Waals surface area (Å²) in [5, 5.41) is 27.3. The Hall–Kier alpha value is -4.74. The molecular formula is C19H12ClF6N7O5. The molecule has 38 heavy (non-hydrogen) atoms. The summed E-state index contributed by atoms with van der Waals surface area (Å²) in [5.41, 5.74) is 0.319. The van der Waals surface area contributed by atoms with Gasteiger partial charge in [0.2, 0.25) is 0 Å². The van der Waals surface area contributed by atoms with Gasteiger partial charge >= 0.3 is 28.3 Å². The number of hydrogen-bond donors (Lipinski definition) is 3. The van der Waals surface area contributed by atoms with Gasteiger partial charge in [-0.25, -0.2) is 15.1 Å². The lowest BCUT2D eigenvalue weighted by molar-refractivity contribution is -0.662. The predicted octanol–water partition coefficient (Wildman–Crippen LogP) is -0.449. The molecule has 0 saturated heterocycles. The quantitative estimate of drug-likeness (QED) is 0.210.